The predicted molar refractivity (Wildman–Crippen MR) is 117 cm³/mol. The van der Waals surface area contributed by atoms with E-state index in [0.29, 0.717) is 29.5 Å². The minimum absolute atomic E-state index is 0.212. The molecule has 30 heavy (non-hydrogen) atoms. The lowest BCUT2D eigenvalue weighted by molar-refractivity contribution is -0.117. The molecule has 1 amide bonds. The number of carbonyl (C=O) groups excluding carboxylic acids is 1. The van der Waals surface area contributed by atoms with E-state index in [4.69, 9.17) is 18.9 Å². The summed E-state index contributed by atoms with van der Waals surface area (Å²) < 4.78 is 24.3. The molecule has 7 nitrogen and oxygen atoms in total. The smallest absolute Gasteiger partial charge is 0.252 e. The first-order chi connectivity index (χ1) is 14.5. The Balaban J connectivity index is 2.00. The lowest BCUT2D eigenvalue weighted by Crippen LogP contribution is -2.19. The van der Waals surface area contributed by atoms with Crippen LogP contribution in [-0.2, 0) is 22.5 Å². The first kappa shape index (κ1) is 21.9. The molecular formula is C22H26N2O5S. The van der Waals surface area contributed by atoms with Crippen molar-refractivity contribution in [2.24, 2.45) is 4.99 Å². The standard InChI is InChI=1S/C22H26N2O5S/c1-14-10-15(6-7-17(14)27-3)11-21(25)23-22-24(8-9-26-2)16-12-18(28-4)19(29-5)13-20(16)30-22/h6-7,10,12-13H,8-9,11H2,1-5H3. The van der Waals surface area contributed by atoms with Gasteiger partial charge >= 0.3 is 0 Å². The third kappa shape index (κ3) is 4.66. The molecule has 0 unspecified atom stereocenters. The molecule has 0 radical (unpaired) electrons. The maximum absolute atomic E-state index is 12.7. The zero-order chi connectivity index (χ0) is 21.7. The largest absolute Gasteiger partial charge is 0.496 e. The van der Waals surface area contributed by atoms with Crippen LogP contribution in [0.15, 0.2) is 35.3 Å². The average molecular weight is 431 g/mol. The number of hydrogen-bond donors (Lipinski definition) is 0. The van der Waals surface area contributed by atoms with Gasteiger partial charge in [-0.15, -0.1) is 0 Å². The first-order valence-electron chi connectivity index (χ1n) is 9.46. The van der Waals surface area contributed by atoms with Gasteiger partial charge in [-0.25, -0.2) is 0 Å². The van der Waals surface area contributed by atoms with Crippen LogP contribution >= 0.6 is 11.3 Å². The van der Waals surface area contributed by atoms with Gasteiger partial charge in [0.2, 0.25) is 0 Å². The minimum atomic E-state index is -0.212. The van der Waals surface area contributed by atoms with Crippen LogP contribution in [0.3, 0.4) is 0 Å². The Bertz CT molecular complexity index is 1120. The molecule has 0 saturated heterocycles. The van der Waals surface area contributed by atoms with Gasteiger partial charge in [-0.1, -0.05) is 23.5 Å². The summed E-state index contributed by atoms with van der Waals surface area (Å²) in [4.78, 5) is 17.7. The molecule has 160 valence electrons. The Hall–Kier alpha value is -2.84. The van der Waals surface area contributed by atoms with Crippen molar-refractivity contribution < 1.29 is 23.7 Å². The second kappa shape index (κ2) is 9.77. The number of benzene rings is 2. The maximum atomic E-state index is 12.7. The number of aromatic nitrogens is 1. The number of rotatable bonds is 8. The molecule has 2 aromatic carbocycles. The van der Waals surface area contributed by atoms with E-state index in [9.17, 15) is 4.79 Å². The van der Waals surface area contributed by atoms with Crippen molar-refractivity contribution in [1.29, 1.82) is 0 Å². The van der Waals surface area contributed by atoms with Gasteiger partial charge in [0.25, 0.3) is 5.91 Å². The molecule has 0 atom stereocenters. The van der Waals surface area contributed by atoms with Gasteiger partial charge in [0.1, 0.15) is 5.75 Å². The average Bonchev–Trinajstić information content (AvgIpc) is 3.06. The third-order valence-electron chi connectivity index (χ3n) is 4.74. The summed E-state index contributed by atoms with van der Waals surface area (Å²) in [5.41, 5.74) is 2.80. The molecule has 3 aromatic rings. The highest BCUT2D eigenvalue weighted by molar-refractivity contribution is 7.16. The number of thiazole rings is 1. The van der Waals surface area contributed by atoms with Gasteiger partial charge in [-0.05, 0) is 24.1 Å². The van der Waals surface area contributed by atoms with E-state index in [1.165, 1.54) is 11.3 Å². The number of amides is 1. The summed E-state index contributed by atoms with van der Waals surface area (Å²) in [5.74, 6) is 1.85. The summed E-state index contributed by atoms with van der Waals surface area (Å²) in [5, 5.41) is 0. The van der Waals surface area contributed by atoms with E-state index >= 15 is 0 Å². The van der Waals surface area contributed by atoms with E-state index in [1.54, 1.807) is 28.4 Å². The molecule has 8 heteroatoms. The first-order valence-corrected chi connectivity index (χ1v) is 10.3. The number of nitrogens with zero attached hydrogens (tertiary/aromatic N) is 2. The highest BCUT2D eigenvalue weighted by Gasteiger charge is 2.14. The Morgan fingerprint density at radius 1 is 1.00 bits per heavy atom. The lowest BCUT2D eigenvalue weighted by atomic mass is 10.1. The SMILES string of the molecule is COCCn1c(=NC(=O)Cc2ccc(OC)c(C)c2)sc2cc(OC)c(OC)cc21. The molecule has 0 fully saturated rings. The molecule has 1 heterocycles. The van der Waals surface area contributed by atoms with Crippen LogP contribution in [0.2, 0.25) is 0 Å². The van der Waals surface area contributed by atoms with Crippen molar-refractivity contribution in [1.82, 2.24) is 4.57 Å². The fourth-order valence-corrected chi connectivity index (χ4v) is 4.34. The molecule has 0 aliphatic heterocycles. The predicted octanol–water partition coefficient (Wildman–Crippen LogP) is 3.35. The van der Waals surface area contributed by atoms with Crippen molar-refractivity contribution in [3.05, 3.63) is 46.3 Å². The highest BCUT2D eigenvalue weighted by atomic mass is 32.1. The van der Waals surface area contributed by atoms with Crippen LogP contribution in [0, 0.1) is 6.92 Å². The Morgan fingerprint density at radius 3 is 2.33 bits per heavy atom. The van der Waals surface area contributed by atoms with E-state index in [-0.39, 0.29) is 12.3 Å². The van der Waals surface area contributed by atoms with Crippen molar-refractivity contribution in [2.75, 3.05) is 35.0 Å². The Kier molecular flexibility index (Phi) is 7.12. The molecule has 1 aromatic heterocycles. The van der Waals surface area contributed by atoms with Crippen molar-refractivity contribution >= 4 is 27.5 Å². The van der Waals surface area contributed by atoms with Gasteiger partial charge in [0, 0.05) is 25.8 Å². The summed E-state index contributed by atoms with van der Waals surface area (Å²) >= 11 is 1.44. The van der Waals surface area contributed by atoms with Gasteiger partial charge in [-0.3, -0.25) is 4.79 Å². The second-order valence-electron chi connectivity index (χ2n) is 6.69. The second-order valence-corrected chi connectivity index (χ2v) is 7.70. The summed E-state index contributed by atoms with van der Waals surface area (Å²) in [6.45, 7) is 3.02. The Morgan fingerprint density at radius 2 is 1.70 bits per heavy atom. The quantitative estimate of drug-likeness (QED) is 0.548. The molecule has 0 spiro atoms. The van der Waals surface area contributed by atoms with E-state index in [0.717, 1.165) is 27.1 Å². The van der Waals surface area contributed by atoms with Gasteiger partial charge < -0.3 is 23.5 Å². The van der Waals surface area contributed by atoms with Crippen molar-refractivity contribution in [3.63, 3.8) is 0 Å². The molecule has 0 bridgehead atoms. The summed E-state index contributed by atoms with van der Waals surface area (Å²) in [6.07, 6.45) is 0.218. The topological polar surface area (TPSA) is 71.3 Å². The van der Waals surface area contributed by atoms with Gasteiger partial charge in [0.05, 0.1) is 44.6 Å². The number of hydrogen-bond acceptors (Lipinski definition) is 6. The molecule has 0 saturated carbocycles. The molecular weight excluding hydrogens is 404 g/mol. The van der Waals surface area contributed by atoms with Crippen LogP contribution in [0.1, 0.15) is 11.1 Å². The normalized spacial score (nSPS) is 11.7. The van der Waals surface area contributed by atoms with Crippen LogP contribution < -0.4 is 19.0 Å². The molecule has 0 aliphatic rings. The monoisotopic (exact) mass is 430 g/mol. The Labute approximate surface area is 179 Å². The van der Waals surface area contributed by atoms with Crippen molar-refractivity contribution in [3.8, 4) is 17.2 Å². The van der Waals surface area contributed by atoms with Crippen LogP contribution in [0.5, 0.6) is 17.2 Å². The molecule has 3 rings (SSSR count). The molecule has 0 aliphatic carbocycles. The number of fused-ring (bicyclic) bond motifs is 1. The maximum Gasteiger partial charge on any atom is 0.252 e. The number of ether oxygens (including phenoxy) is 4. The van der Waals surface area contributed by atoms with Gasteiger partial charge in [-0.2, -0.15) is 4.99 Å². The summed E-state index contributed by atoms with van der Waals surface area (Å²) in [7, 11) is 6.47. The lowest BCUT2D eigenvalue weighted by Gasteiger charge is -2.09. The number of carbonyl (C=O) groups is 1. The molecule has 0 N–H and O–H groups in total. The van der Waals surface area contributed by atoms with Crippen LogP contribution in [0.25, 0.3) is 10.2 Å². The minimum Gasteiger partial charge on any atom is -0.496 e. The van der Waals surface area contributed by atoms with E-state index in [2.05, 4.69) is 4.99 Å². The number of aryl methyl sites for hydroxylation is 1. The zero-order valence-corrected chi connectivity index (χ0v) is 18.7. The van der Waals surface area contributed by atoms with E-state index in [1.807, 2.05) is 41.8 Å². The summed E-state index contributed by atoms with van der Waals surface area (Å²) in [6, 6.07) is 9.51. The van der Waals surface area contributed by atoms with Gasteiger partial charge in [0.15, 0.2) is 16.3 Å². The third-order valence-corrected chi connectivity index (χ3v) is 5.78. The fraction of sp³-hybridized carbons (Fsp3) is 0.364. The number of methoxy groups -OCH3 is 4. The van der Waals surface area contributed by atoms with Crippen molar-refractivity contribution in [2.45, 2.75) is 19.9 Å². The highest BCUT2D eigenvalue weighted by Crippen LogP contribution is 2.33. The fourth-order valence-electron chi connectivity index (χ4n) is 3.25. The van der Waals surface area contributed by atoms with Crippen LogP contribution in [0.4, 0.5) is 0 Å². The van der Waals surface area contributed by atoms with Crippen LogP contribution in [-0.4, -0.2) is 45.5 Å². The zero-order valence-electron chi connectivity index (χ0n) is 17.9. The van der Waals surface area contributed by atoms with E-state index < -0.39 is 0 Å².